The van der Waals surface area contributed by atoms with Crippen molar-refractivity contribution in [3.63, 3.8) is 0 Å². The van der Waals surface area contributed by atoms with Crippen LogP contribution in [0.1, 0.15) is 27.7 Å². The van der Waals surface area contributed by atoms with Gasteiger partial charge < -0.3 is 20.3 Å². The Morgan fingerprint density at radius 1 is 1.42 bits per heavy atom. The van der Waals surface area contributed by atoms with Gasteiger partial charge in [0, 0.05) is 34.2 Å². The molecule has 0 aliphatic carbocycles. The zero-order chi connectivity index (χ0) is 15.1. The summed E-state index contributed by atoms with van der Waals surface area (Å²) in [4.78, 5) is 17.4. The van der Waals surface area contributed by atoms with Gasteiger partial charge >= 0.3 is 6.09 Å². The van der Waals surface area contributed by atoms with E-state index in [0.717, 1.165) is 12.5 Å². The van der Waals surface area contributed by atoms with Crippen LogP contribution < -0.4 is 10.6 Å². The van der Waals surface area contributed by atoms with Crippen LogP contribution in [0.15, 0.2) is 4.99 Å². The maximum absolute atomic E-state index is 11.8. The quantitative estimate of drug-likeness (QED) is 0.598. The highest BCUT2D eigenvalue weighted by atomic mass is 16.6. The summed E-state index contributed by atoms with van der Waals surface area (Å²) in [6, 6.07) is 0. The smallest absolute Gasteiger partial charge is 0.410 e. The average molecular weight is 272 g/mol. The van der Waals surface area contributed by atoms with Crippen LogP contribution in [0, 0.1) is 5.92 Å². The normalized spacial score (nSPS) is 13.7. The molecule has 6 heteroatoms. The maximum atomic E-state index is 11.8. The molecular weight excluding hydrogens is 244 g/mol. The Kier molecular flexibility index (Phi) is 7.26. The molecule has 0 aromatic rings. The van der Waals surface area contributed by atoms with E-state index in [9.17, 15) is 4.79 Å². The fourth-order valence-corrected chi connectivity index (χ4v) is 1.50. The van der Waals surface area contributed by atoms with Crippen molar-refractivity contribution in [1.29, 1.82) is 0 Å². The van der Waals surface area contributed by atoms with Crippen molar-refractivity contribution in [1.82, 2.24) is 15.5 Å². The number of nitrogens with zero attached hydrogens (tertiary/aromatic N) is 2. The second kappa shape index (κ2) is 7.86. The summed E-state index contributed by atoms with van der Waals surface area (Å²) in [6.07, 6.45) is -0.294. The van der Waals surface area contributed by atoms with Gasteiger partial charge in [-0.05, 0) is 26.7 Å². The van der Waals surface area contributed by atoms with Crippen molar-refractivity contribution in [2.75, 3.05) is 34.2 Å². The topological polar surface area (TPSA) is 66.0 Å². The van der Waals surface area contributed by atoms with E-state index < -0.39 is 5.60 Å². The third kappa shape index (κ3) is 8.29. The molecule has 19 heavy (non-hydrogen) atoms. The first-order valence-corrected chi connectivity index (χ1v) is 6.52. The monoisotopic (exact) mass is 272 g/mol. The van der Waals surface area contributed by atoms with Gasteiger partial charge in [-0.2, -0.15) is 0 Å². The van der Waals surface area contributed by atoms with Crippen molar-refractivity contribution in [2.45, 2.75) is 33.3 Å². The Hall–Kier alpha value is -1.46. The molecule has 1 unspecified atom stereocenters. The van der Waals surface area contributed by atoms with Crippen molar-refractivity contribution in [3.8, 4) is 0 Å². The second-order valence-corrected chi connectivity index (χ2v) is 5.67. The number of aliphatic imine (C=N–C) groups is 1. The summed E-state index contributed by atoms with van der Waals surface area (Å²) < 4.78 is 5.30. The lowest BCUT2D eigenvalue weighted by Crippen LogP contribution is -2.41. The number of guanidine groups is 1. The minimum atomic E-state index is -0.457. The molecule has 0 spiro atoms. The van der Waals surface area contributed by atoms with Crippen LogP contribution in [0.4, 0.5) is 4.79 Å². The lowest BCUT2D eigenvalue weighted by Gasteiger charge is -2.26. The molecule has 1 amide bonds. The predicted octanol–water partition coefficient (Wildman–Crippen LogP) is 1.28. The summed E-state index contributed by atoms with van der Waals surface area (Å²) in [5.74, 6) is 1.04. The van der Waals surface area contributed by atoms with E-state index in [4.69, 9.17) is 4.74 Å². The Labute approximate surface area is 116 Å². The summed E-state index contributed by atoms with van der Waals surface area (Å²) in [7, 11) is 5.28. The first-order valence-electron chi connectivity index (χ1n) is 6.52. The van der Waals surface area contributed by atoms with E-state index in [1.807, 2.05) is 27.8 Å². The van der Waals surface area contributed by atoms with E-state index in [-0.39, 0.29) is 6.09 Å². The Bertz CT molecular complexity index is 310. The summed E-state index contributed by atoms with van der Waals surface area (Å²) >= 11 is 0. The minimum absolute atomic E-state index is 0.294. The van der Waals surface area contributed by atoms with Crippen LogP contribution >= 0.6 is 0 Å². The molecule has 0 aromatic carbocycles. The molecule has 6 nitrogen and oxygen atoms in total. The molecule has 2 N–H and O–H groups in total. The fourth-order valence-electron chi connectivity index (χ4n) is 1.50. The van der Waals surface area contributed by atoms with Crippen LogP contribution in [0.3, 0.4) is 0 Å². The highest BCUT2D eigenvalue weighted by Gasteiger charge is 2.20. The van der Waals surface area contributed by atoms with E-state index in [1.54, 1.807) is 19.0 Å². The van der Waals surface area contributed by atoms with Crippen LogP contribution in [0.5, 0.6) is 0 Å². The SMILES string of the molecule is CN=C(NC)NCC(C)CN(C)C(=O)OC(C)(C)C. The molecule has 0 radical (unpaired) electrons. The molecule has 112 valence electrons. The Morgan fingerprint density at radius 2 is 2.00 bits per heavy atom. The standard InChI is InChI=1S/C13H28N4O2/c1-10(8-16-11(14-5)15-6)9-17(7)12(18)19-13(2,3)4/h10H,8-9H2,1-7H3,(H2,14,15,16). The van der Waals surface area contributed by atoms with E-state index in [0.29, 0.717) is 12.5 Å². The Balaban J connectivity index is 4.11. The van der Waals surface area contributed by atoms with Crippen LogP contribution in [-0.4, -0.2) is 56.8 Å². The molecular formula is C13H28N4O2. The number of hydrogen-bond donors (Lipinski definition) is 2. The lowest BCUT2D eigenvalue weighted by molar-refractivity contribution is 0.0278. The number of nitrogens with one attached hydrogen (secondary N) is 2. The molecule has 1 atom stereocenters. The molecule has 0 heterocycles. The van der Waals surface area contributed by atoms with Gasteiger partial charge in [-0.15, -0.1) is 0 Å². The van der Waals surface area contributed by atoms with Gasteiger partial charge in [0.15, 0.2) is 5.96 Å². The number of amides is 1. The lowest BCUT2D eigenvalue weighted by atomic mass is 10.1. The minimum Gasteiger partial charge on any atom is -0.444 e. The summed E-state index contributed by atoms with van der Waals surface area (Å²) in [6.45, 7) is 9.02. The van der Waals surface area contributed by atoms with Crippen LogP contribution in [0.2, 0.25) is 0 Å². The number of carbonyl (C=O) groups is 1. The largest absolute Gasteiger partial charge is 0.444 e. The van der Waals surface area contributed by atoms with Gasteiger partial charge in [0.2, 0.25) is 0 Å². The van der Waals surface area contributed by atoms with Gasteiger partial charge in [0.05, 0.1) is 0 Å². The number of rotatable bonds is 4. The summed E-state index contributed by atoms with van der Waals surface area (Å²) in [5, 5.41) is 6.12. The molecule has 0 aromatic heterocycles. The van der Waals surface area contributed by atoms with E-state index >= 15 is 0 Å². The second-order valence-electron chi connectivity index (χ2n) is 5.67. The van der Waals surface area contributed by atoms with Gasteiger partial charge in [0.1, 0.15) is 5.60 Å². The molecule has 0 aliphatic heterocycles. The van der Waals surface area contributed by atoms with E-state index in [1.165, 1.54) is 0 Å². The zero-order valence-electron chi connectivity index (χ0n) is 13.2. The maximum Gasteiger partial charge on any atom is 0.410 e. The van der Waals surface area contributed by atoms with Gasteiger partial charge in [-0.25, -0.2) is 4.79 Å². The van der Waals surface area contributed by atoms with Crippen molar-refractivity contribution < 1.29 is 9.53 Å². The fraction of sp³-hybridized carbons (Fsp3) is 0.846. The van der Waals surface area contributed by atoms with Gasteiger partial charge in [-0.1, -0.05) is 6.92 Å². The molecule has 0 rings (SSSR count). The number of carbonyl (C=O) groups excluding carboxylic acids is 1. The third-order valence-electron chi connectivity index (χ3n) is 2.37. The molecule has 0 aliphatic rings. The Morgan fingerprint density at radius 3 is 2.42 bits per heavy atom. The highest BCUT2D eigenvalue weighted by molar-refractivity contribution is 5.79. The average Bonchev–Trinajstić information content (AvgIpc) is 2.28. The van der Waals surface area contributed by atoms with Gasteiger partial charge in [0.25, 0.3) is 0 Å². The molecule has 0 fully saturated rings. The van der Waals surface area contributed by atoms with E-state index in [2.05, 4.69) is 22.5 Å². The zero-order valence-corrected chi connectivity index (χ0v) is 13.2. The first-order chi connectivity index (χ1) is 8.69. The first kappa shape index (κ1) is 17.5. The molecule has 0 saturated carbocycles. The van der Waals surface area contributed by atoms with Crippen LogP contribution in [0.25, 0.3) is 0 Å². The molecule has 0 saturated heterocycles. The van der Waals surface area contributed by atoms with Crippen molar-refractivity contribution in [2.24, 2.45) is 10.9 Å². The summed E-state index contributed by atoms with van der Waals surface area (Å²) in [5.41, 5.74) is -0.457. The molecule has 0 bridgehead atoms. The number of hydrogen-bond acceptors (Lipinski definition) is 3. The predicted molar refractivity (Wildman–Crippen MR) is 78.4 cm³/mol. The van der Waals surface area contributed by atoms with Crippen molar-refractivity contribution in [3.05, 3.63) is 0 Å². The van der Waals surface area contributed by atoms with Gasteiger partial charge in [-0.3, -0.25) is 4.99 Å². The van der Waals surface area contributed by atoms with Crippen LogP contribution in [-0.2, 0) is 4.74 Å². The third-order valence-corrected chi connectivity index (χ3v) is 2.37. The van der Waals surface area contributed by atoms with Crippen molar-refractivity contribution >= 4 is 12.1 Å². The highest BCUT2D eigenvalue weighted by Crippen LogP contribution is 2.09. The number of ether oxygens (including phenoxy) is 1.